The molecule has 3 atom stereocenters. The van der Waals surface area contributed by atoms with Gasteiger partial charge in [-0.3, -0.25) is 9.78 Å². The Morgan fingerprint density at radius 2 is 1.79 bits per heavy atom. The topological polar surface area (TPSA) is 51.0 Å². The standard InChI is InChI=1S/C32H27FN4O/c1-20-12-13-34-28(14-20)31(38)36-18-27-30(22-6-4-3-5-7-22)32(27,19-36)26-16-23-17-35-37(29(23)15-21(26)2)25-10-8-24(33)9-11-25/h3-17,27,30H,18-19H2,1-2H3. The third-order valence-corrected chi connectivity index (χ3v) is 8.45. The van der Waals surface area contributed by atoms with Gasteiger partial charge in [-0.2, -0.15) is 5.10 Å². The lowest BCUT2D eigenvalue weighted by Gasteiger charge is -2.25. The van der Waals surface area contributed by atoms with Crippen molar-refractivity contribution in [1.82, 2.24) is 19.7 Å². The van der Waals surface area contributed by atoms with Gasteiger partial charge >= 0.3 is 0 Å². The minimum atomic E-state index is -0.268. The van der Waals surface area contributed by atoms with Crippen LogP contribution in [0, 0.1) is 25.6 Å². The van der Waals surface area contributed by atoms with Gasteiger partial charge in [0.05, 0.1) is 17.4 Å². The molecule has 3 heterocycles. The number of carbonyl (C=O) groups is 1. The van der Waals surface area contributed by atoms with Crippen molar-refractivity contribution >= 4 is 16.8 Å². The van der Waals surface area contributed by atoms with Gasteiger partial charge in [0.1, 0.15) is 11.5 Å². The van der Waals surface area contributed by atoms with E-state index in [9.17, 15) is 9.18 Å². The number of hydrogen-bond acceptors (Lipinski definition) is 3. The molecule has 2 aromatic heterocycles. The van der Waals surface area contributed by atoms with Crippen molar-refractivity contribution in [2.75, 3.05) is 13.1 Å². The van der Waals surface area contributed by atoms with Crippen molar-refractivity contribution in [3.8, 4) is 5.69 Å². The molecular formula is C32H27FN4O. The molecule has 188 valence electrons. The minimum absolute atomic E-state index is 0.00468. The predicted octanol–water partition coefficient (Wildman–Crippen LogP) is 5.98. The van der Waals surface area contributed by atoms with E-state index >= 15 is 0 Å². The summed E-state index contributed by atoms with van der Waals surface area (Å²) in [4.78, 5) is 19.8. The Kier molecular flexibility index (Phi) is 5.02. The van der Waals surface area contributed by atoms with Gasteiger partial charge in [-0.1, -0.05) is 30.3 Å². The van der Waals surface area contributed by atoms with E-state index in [0.717, 1.165) is 22.2 Å². The molecule has 3 aromatic carbocycles. The Hall–Kier alpha value is -4.32. The second kappa shape index (κ2) is 8.35. The molecule has 38 heavy (non-hydrogen) atoms. The molecule has 1 saturated carbocycles. The molecular weight excluding hydrogens is 475 g/mol. The maximum Gasteiger partial charge on any atom is 0.272 e. The fourth-order valence-electron chi connectivity index (χ4n) is 6.70. The SMILES string of the molecule is Cc1ccnc(C(=O)N2CC3C(c4ccccc4)C3(c3cc4cnn(-c5ccc(F)cc5)c4cc3C)C2)c1. The van der Waals surface area contributed by atoms with Gasteiger partial charge in [0.25, 0.3) is 5.91 Å². The lowest BCUT2D eigenvalue weighted by Crippen LogP contribution is -2.35. The zero-order valence-corrected chi connectivity index (χ0v) is 21.3. The average molecular weight is 503 g/mol. The van der Waals surface area contributed by atoms with Crippen molar-refractivity contribution in [3.63, 3.8) is 0 Å². The molecule has 5 nitrogen and oxygen atoms in total. The Morgan fingerprint density at radius 1 is 1.00 bits per heavy atom. The quantitative estimate of drug-likeness (QED) is 0.304. The molecule has 2 aliphatic rings. The monoisotopic (exact) mass is 502 g/mol. The third-order valence-electron chi connectivity index (χ3n) is 8.45. The van der Waals surface area contributed by atoms with Crippen LogP contribution in [-0.2, 0) is 5.41 Å². The molecule has 1 saturated heterocycles. The lowest BCUT2D eigenvalue weighted by molar-refractivity contribution is 0.0763. The number of nitrogens with zero attached hydrogens (tertiary/aromatic N) is 4. The Bertz CT molecular complexity index is 1690. The number of aryl methyl sites for hydroxylation is 2. The number of hydrogen-bond donors (Lipinski definition) is 0. The van der Waals surface area contributed by atoms with E-state index in [1.165, 1.54) is 28.8 Å². The molecule has 0 bridgehead atoms. The van der Waals surface area contributed by atoms with Crippen molar-refractivity contribution in [2.24, 2.45) is 5.92 Å². The van der Waals surface area contributed by atoms with Crippen molar-refractivity contribution in [2.45, 2.75) is 25.2 Å². The number of carbonyl (C=O) groups excluding carboxylic acids is 1. The fourth-order valence-corrected chi connectivity index (χ4v) is 6.70. The van der Waals surface area contributed by atoms with E-state index in [1.807, 2.05) is 34.8 Å². The molecule has 1 aliphatic carbocycles. The summed E-state index contributed by atoms with van der Waals surface area (Å²) in [5.41, 5.74) is 6.95. The van der Waals surface area contributed by atoms with Crippen LogP contribution in [0.2, 0.25) is 0 Å². The molecule has 6 heteroatoms. The number of benzene rings is 3. The van der Waals surface area contributed by atoms with E-state index in [-0.39, 0.29) is 17.1 Å². The van der Waals surface area contributed by atoms with E-state index in [2.05, 4.69) is 59.5 Å². The van der Waals surface area contributed by atoms with Gasteiger partial charge < -0.3 is 4.90 Å². The van der Waals surface area contributed by atoms with Crippen LogP contribution in [0.3, 0.4) is 0 Å². The molecule has 1 aliphatic heterocycles. The predicted molar refractivity (Wildman–Crippen MR) is 145 cm³/mol. The number of likely N-dealkylation sites (tertiary alicyclic amines) is 1. The summed E-state index contributed by atoms with van der Waals surface area (Å²) >= 11 is 0. The van der Waals surface area contributed by atoms with E-state index in [1.54, 1.807) is 18.3 Å². The second-order valence-corrected chi connectivity index (χ2v) is 10.7. The van der Waals surface area contributed by atoms with Gasteiger partial charge in [-0.05, 0) is 90.6 Å². The summed E-state index contributed by atoms with van der Waals surface area (Å²) in [6, 6.07) is 25.3. The summed E-state index contributed by atoms with van der Waals surface area (Å²) in [5.74, 6) is 0.411. The first kappa shape index (κ1) is 22.8. The molecule has 7 rings (SSSR count). The lowest BCUT2D eigenvalue weighted by atomic mass is 9.86. The number of rotatable bonds is 4. The minimum Gasteiger partial charge on any atom is -0.336 e. The smallest absolute Gasteiger partial charge is 0.272 e. The van der Waals surface area contributed by atoms with Crippen LogP contribution in [-0.4, -0.2) is 38.7 Å². The molecule has 5 aromatic rings. The van der Waals surface area contributed by atoms with Crippen LogP contribution in [0.15, 0.2) is 91.3 Å². The highest BCUT2D eigenvalue weighted by molar-refractivity contribution is 5.93. The summed E-state index contributed by atoms with van der Waals surface area (Å²) in [6.45, 7) is 5.50. The summed E-state index contributed by atoms with van der Waals surface area (Å²) in [5, 5.41) is 5.66. The van der Waals surface area contributed by atoms with Crippen molar-refractivity contribution in [3.05, 3.63) is 125 Å². The molecule has 1 amide bonds. The first-order chi connectivity index (χ1) is 18.5. The first-order valence-electron chi connectivity index (χ1n) is 13.0. The van der Waals surface area contributed by atoms with Crippen LogP contribution in [0.1, 0.15) is 38.7 Å². The summed E-state index contributed by atoms with van der Waals surface area (Å²) in [7, 11) is 0. The van der Waals surface area contributed by atoms with Gasteiger partial charge in [0.2, 0.25) is 0 Å². The largest absolute Gasteiger partial charge is 0.336 e. The summed E-state index contributed by atoms with van der Waals surface area (Å²) in [6.07, 6.45) is 3.58. The Labute approximate surface area is 220 Å². The van der Waals surface area contributed by atoms with Crippen LogP contribution in [0.5, 0.6) is 0 Å². The summed E-state index contributed by atoms with van der Waals surface area (Å²) < 4.78 is 15.4. The van der Waals surface area contributed by atoms with Crippen LogP contribution >= 0.6 is 0 Å². The maximum absolute atomic E-state index is 13.5. The van der Waals surface area contributed by atoms with Crippen molar-refractivity contribution < 1.29 is 9.18 Å². The van der Waals surface area contributed by atoms with Crippen LogP contribution in [0.25, 0.3) is 16.6 Å². The highest BCUT2D eigenvalue weighted by Gasteiger charge is 2.71. The average Bonchev–Trinajstić information content (AvgIpc) is 3.19. The van der Waals surface area contributed by atoms with E-state index < -0.39 is 0 Å². The zero-order valence-electron chi connectivity index (χ0n) is 21.3. The van der Waals surface area contributed by atoms with Gasteiger partial charge in [-0.25, -0.2) is 9.07 Å². The number of halogens is 1. The second-order valence-electron chi connectivity index (χ2n) is 10.7. The zero-order chi connectivity index (χ0) is 26.0. The normalized spacial score (nSPS) is 22.0. The number of piperidine rings is 1. The molecule has 3 unspecified atom stereocenters. The Balaban J connectivity index is 1.30. The fraction of sp³-hybridized carbons (Fsp3) is 0.219. The first-order valence-corrected chi connectivity index (χ1v) is 13.0. The van der Waals surface area contributed by atoms with E-state index in [4.69, 9.17) is 0 Å². The number of amides is 1. The van der Waals surface area contributed by atoms with Gasteiger partial charge in [-0.15, -0.1) is 0 Å². The third kappa shape index (κ3) is 3.40. The molecule has 0 N–H and O–H groups in total. The number of fused-ring (bicyclic) bond motifs is 2. The highest BCUT2D eigenvalue weighted by Crippen LogP contribution is 2.69. The van der Waals surface area contributed by atoms with Gasteiger partial charge in [0, 0.05) is 36.0 Å². The Morgan fingerprint density at radius 3 is 2.55 bits per heavy atom. The number of aromatic nitrogens is 3. The molecule has 0 spiro atoms. The van der Waals surface area contributed by atoms with Crippen molar-refractivity contribution in [1.29, 1.82) is 0 Å². The molecule has 2 fully saturated rings. The number of pyridine rings is 1. The molecule has 0 radical (unpaired) electrons. The van der Waals surface area contributed by atoms with Gasteiger partial charge in [0.15, 0.2) is 0 Å². The van der Waals surface area contributed by atoms with E-state index in [0.29, 0.717) is 30.6 Å². The van der Waals surface area contributed by atoms with Crippen LogP contribution < -0.4 is 0 Å². The highest BCUT2D eigenvalue weighted by atomic mass is 19.1. The maximum atomic E-state index is 13.5. The van der Waals surface area contributed by atoms with Crippen LogP contribution in [0.4, 0.5) is 4.39 Å².